The zero-order valence-electron chi connectivity index (χ0n) is 9.67. The molecule has 0 amide bonds. The van der Waals surface area contributed by atoms with Gasteiger partial charge < -0.3 is 0 Å². The maximum Gasteiger partial charge on any atom is 0.0964 e. The molecule has 1 aromatic carbocycles. The molecule has 0 aliphatic carbocycles. The molecule has 17 heavy (non-hydrogen) atoms. The molecule has 2 heterocycles. The van der Waals surface area contributed by atoms with Gasteiger partial charge in [-0.05, 0) is 12.8 Å². The number of hydrogen-bond acceptors (Lipinski definition) is 2. The van der Waals surface area contributed by atoms with E-state index in [9.17, 15) is 0 Å². The summed E-state index contributed by atoms with van der Waals surface area (Å²) in [5, 5.41) is 7.86. The van der Waals surface area contributed by atoms with Crippen LogP contribution in [0.3, 0.4) is 0 Å². The van der Waals surface area contributed by atoms with Crippen molar-refractivity contribution in [3.8, 4) is 11.3 Å². The van der Waals surface area contributed by atoms with Crippen molar-refractivity contribution in [1.82, 2.24) is 10.3 Å². The van der Waals surface area contributed by atoms with Crippen LogP contribution < -0.4 is 5.32 Å². The monoisotopic (exact) mass is 243 g/mol. The van der Waals surface area contributed by atoms with E-state index in [-0.39, 0.29) is 0 Å². The van der Waals surface area contributed by atoms with Crippen molar-refractivity contribution in [2.75, 3.05) is 13.1 Å². The lowest BCUT2D eigenvalue weighted by atomic mass is 9.99. The second-order valence-electron chi connectivity index (χ2n) is 4.38. The second kappa shape index (κ2) is 4.98. The fourth-order valence-corrected chi connectivity index (χ4v) is 3.21. The summed E-state index contributed by atoms with van der Waals surface area (Å²) in [6.45, 7) is 2.01. The van der Waals surface area contributed by atoms with Crippen LogP contribution in [0.15, 0.2) is 35.7 Å². The Morgan fingerprint density at radius 2 is 1.82 bits per heavy atom. The van der Waals surface area contributed by atoms with E-state index < -0.39 is 0 Å². The lowest BCUT2D eigenvalue weighted by Gasteiger charge is -2.18. The minimum absolute atomic E-state index is 0.634. The van der Waals surface area contributed by atoms with Crippen molar-refractivity contribution in [2.24, 2.45) is 0 Å². The van der Waals surface area contributed by atoms with Crippen LogP contribution in [0.2, 0.25) is 0 Å². The molecule has 0 N–H and O–H groups in total. The summed E-state index contributed by atoms with van der Waals surface area (Å²) in [4.78, 5) is 4.78. The van der Waals surface area contributed by atoms with Crippen molar-refractivity contribution in [2.45, 2.75) is 18.8 Å². The first kappa shape index (κ1) is 10.9. The molecule has 3 rings (SSSR count). The zero-order valence-corrected chi connectivity index (χ0v) is 10.5. The molecule has 2 nitrogen and oxygen atoms in total. The van der Waals surface area contributed by atoms with Gasteiger partial charge in [0.05, 0.1) is 10.7 Å². The standard InChI is InChI=1S/C14H15N2S/c1-2-4-11(5-3-1)13-10-17-14(16-13)12-6-8-15-9-7-12/h1-5,10,12H,6-9H2. The third kappa shape index (κ3) is 2.40. The fraction of sp³-hybridized carbons (Fsp3) is 0.357. The van der Waals surface area contributed by atoms with Crippen molar-refractivity contribution in [3.63, 3.8) is 0 Å². The molecule has 87 valence electrons. The average molecular weight is 243 g/mol. The lowest BCUT2D eigenvalue weighted by Crippen LogP contribution is -2.20. The topological polar surface area (TPSA) is 27.0 Å². The SMILES string of the molecule is c1ccc(-c2csc(C3CC[N]CC3)n2)cc1. The van der Waals surface area contributed by atoms with Gasteiger partial charge in [-0.1, -0.05) is 30.3 Å². The van der Waals surface area contributed by atoms with Gasteiger partial charge in [0.25, 0.3) is 0 Å². The van der Waals surface area contributed by atoms with Gasteiger partial charge in [0.2, 0.25) is 0 Å². The molecule has 0 spiro atoms. The number of aromatic nitrogens is 1. The highest BCUT2D eigenvalue weighted by Gasteiger charge is 2.19. The van der Waals surface area contributed by atoms with Crippen LogP contribution in [0.25, 0.3) is 11.3 Å². The average Bonchev–Trinajstić information content (AvgIpc) is 2.90. The third-order valence-corrected chi connectivity index (χ3v) is 4.22. The van der Waals surface area contributed by atoms with E-state index in [0.717, 1.165) is 18.8 Å². The number of nitrogens with zero attached hydrogens (tertiary/aromatic N) is 2. The van der Waals surface area contributed by atoms with Gasteiger partial charge in [-0.15, -0.1) is 11.3 Å². The quantitative estimate of drug-likeness (QED) is 0.795. The molecule has 1 aliphatic rings. The van der Waals surface area contributed by atoms with Gasteiger partial charge in [0.15, 0.2) is 0 Å². The Morgan fingerprint density at radius 1 is 1.06 bits per heavy atom. The van der Waals surface area contributed by atoms with Crippen LogP contribution in [-0.2, 0) is 0 Å². The normalized spacial score (nSPS) is 17.2. The van der Waals surface area contributed by atoms with Crippen molar-refractivity contribution in [1.29, 1.82) is 0 Å². The van der Waals surface area contributed by atoms with Crippen molar-refractivity contribution in [3.05, 3.63) is 40.7 Å². The predicted molar refractivity (Wildman–Crippen MR) is 71.4 cm³/mol. The lowest BCUT2D eigenvalue weighted by molar-refractivity contribution is 0.452. The van der Waals surface area contributed by atoms with E-state index in [4.69, 9.17) is 4.98 Å². The molecular formula is C14H15N2S. The molecule has 0 unspecified atom stereocenters. The second-order valence-corrected chi connectivity index (χ2v) is 5.27. The van der Waals surface area contributed by atoms with Crippen molar-refractivity contribution < 1.29 is 0 Å². The van der Waals surface area contributed by atoms with Gasteiger partial charge in [-0.25, -0.2) is 10.3 Å². The molecule has 3 heteroatoms. The smallest absolute Gasteiger partial charge is 0.0964 e. The molecule has 1 saturated heterocycles. The third-order valence-electron chi connectivity index (χ3n) is 3.21. The highest BCUT2D eigenvalue weighted by atomic mass is 32.1. The highest BCUT2D eigenvalue weighted by molar-refractivity contribution is 7.10. The number of hydrogen-bond donors (Lipinski definition) is 0. The van der Waals surface area contributed by atoms with Gasteiger partial charge in [-0.2, -0.15) is 0 Å². The molecular weight excluding hydrogens is 228 g/mol. The Balaban J connectivity index is 1.83. The summed E-state index contributed by atoms with van der Waals surface area (Å²) < 4.78 is 0. The molecule has 1 fully saturated rings. The molecule has 0 saturated carbocycles. The number of piperidine rings is 1. The largest absolute Gasteiger partial charge is 0.242 e. The van der Waals surface area contributed by atoms with E-state index in [1.165, 1.54) is 23.4 Å². The Morgan fingerprint density at radius 3 is 2.59 bits per heavy atom. The highest BCUT2D eigenvalue weighted by Crippen LogP contribution is 2.31. The molecule has 0 atom stereocenters. The summed E-state index contributed by atoms with van der Waals surface area (Å²) in [7, 11) is 0. The summed E-state index contributed by atoms with van der Waals surface area (Å²) in [5.41, 5.74) is 2.34. The van der Waals surface area contributed by atoms with Gasteiger partial charge in [-0.3, -0.25) is 0 Å². The first-order valence-electron chi connectivity index (χ1n) is 6.07. The Bertz CT molecular complexity index is 472. The molecule has 1 radical (unpaired) electrons. The van der Waals surface area contributed by atoms with E-state index in [0.29, 0.717) is 5.92 Å². The maximum atomic E-state index is 4.78. The van der Waals surface area contributed by atoms with Gasteiger partial charge in [0, 0.05) is 30.0 Å². The van der Waals surface area contributed by atoms with Crippen LogP contribution >= 0.6 is 11.3 Å². The predicted octanol–water partition coefficient (Wildman–Crippen LogP) is 3.29. The molecule has 2 aromatic rings. The fourth-order valence-electron chi connectivity index (χ4n) is 2.21. The Labute approximate surface area is 106 Å². The van der Waals surface area contributed by atoms with Gasteiger partial charge in [0.1, 0.15) is 0 Å². The zero-order chi connectivity index (χ0) is 11.5. The van der Waals surface area contributed by atoms with E-state index in [1.54, 1.807) is 11.3 Å². The maximum absolute atomic E-state index is 4.78. The Hall–Kier alpha value is -1.19. The van der Waals surface area contributed by atoms with E-state index in [2.05, 4.69) is 35.0 Å². The summed E-state index contributed by atoms with van der Waals surface area (Å²) in [6.07, 6.45) is 2.34. The number of benzene rings is 1. The van der Waals surface area contributed by atoms with Crippen LogP contribution in [0, 0.1) is 0 Å². The first-order chi connectivity index (χ1) is 8.43. The molecule has 0 bridgehead atoms. The Kier molecular flexibility index (Phi) is 3.20. The van der Waals surface area contributed by atoms with E-state index in [1.807, 2.05) is 6.07 Å². The first-order valence-corrected chi connectivity index (χ1v) is 6.95. The number of thiazole rings is 1. The van der Waals surface area contributed by atoms with E-state index >= 15 is 0 Å². The van der Waals surface area contributed by atoms with Crippen LogP contribution in [0.1, 0.15) is 23.8 Å². The molecule has 1 aliphatic heterocycles. The number of rotatable bonds is 2. The minimum Gasteiger partial charge on any atom is -0.242 e. The van der Waals surface area contributed by atoms with Crippen LogP contribution in [0.5, 0.6) is 0 Å². The summed E-state index contributed by atoms with van der Waals surface area (Å²) in [5.74, 6) is 0.634. The van der Waals surface area contributed by atoms with Crippen molar-refractivity contribution >= 4 is 11.3 Å². The summed E-state index contributed by atoms with van der Waals surface area (Å²) >= 11 is 1.80. The van der Waals surface area contributed by atoms with Crippen LogP contribution in [0.4, 0.5) is 0 Å². The van der Waals surface area contributed by atoms with Gasteiger partial charge >= 0.3 is 0 Å². The molecule has 1 aromatic heterocycles. The minimum atomic E-state index is 0.634. The van der Waals surface area contributed by atoms with Crippen LogP contribution in [-0.4, -0.2) is 18.1 Å². The summed E-state index contributed by atoms with van der Waals surface area (Å²) in [6, 6.07) is 10.4.